The Bertz CT molecular complexity index is 1390. The van der Waals surface area contributed by atoms with Gasteiger partial charge in [0.05, 0.1) is 24.8 Å². The van der Waals surface area contributed by atoms with Gasteiger partial charge in [0.25, 0.3) is 10.0 Å². The molecule has 1 atom stereocenters. The number of benzene rings is 3. The molecular formula is C30H37N3O6S. The molecule has 9 nitrogen and oxygen atoms in total. The van der Waals surface area contributed by atoms with Crippen molar-refractivity contribution >= 4 is 27.5 Å². The van der Waals surface area contributed by atoms with Crippen LogP contribution in [0.4, 0.5) is 5.69 Å². The van der Waals surface area contributed by atoms with Crippen LogP contribution in [0.1, 0.15) is 31.4 Å². The number of hydrogen-bond donors (Lipinski definition) is 1. The van der Waals surface area contributed by atoms with E-state index in [1.807, 2.05) is 44.2 Å². The van der Waals surface area contributed by atoms with Crippen molar-refractivity contribution in [3.8, 4) is 11.5 Å². The number of sulfonamides is 1. The van der Waals surface area contributed by atoms with E-state index >= 15 is 0 Å². The van der Waals surface area contributed by atoms with Crippen LogP contribution in [0.15, 0.2) is 77.7 Å². The summed E-state index contributed by atoms with van der Waals surface area (Å²) in [5, 5.41) is 2.83. The van der Waals surface area contributed by atoms with Crippen LogP contribution in [0.3, 0.4) is 0 Å². The lowest BCUT2D eigenvalue weighted by atomic mass is 10.1. The standard InChI is InChI=1S/C30H37N3O6S/c1-6-18-31-30(35)23(3)32(20-24-10-8-7-9-11-24)29(34)21-33(25-14-12-22(2)13-15-25)40(36,37)26-16-17-27(38-4)28(19-26)39-5/h7-17,19,23H,6,18,20-21H2,1-5H3,(H,31,35)/t23-/m1/s1. The fraction of sp³-hybridized carbons (Fsp3) is 0.333. The van der Waals surface area contributed by atoms with E-state index in [0.29, 0.717) is 18.0 Å². The van der Waals surface area contributed by atoms with Crippen molar-refractivity contribution in [2.24, 2.45) is 0 Å². The first-order chi connectivity index (χ1) is 19.1. The summed E-state index contributed by atoms with van der Waals surface area (Å²) in [7, 11) is -1.36. The number of amides is 2. The molecule has 0 aliphatic heterocycles. The summed E-state index contributed by atoms with van der Waals surface area (Å²) < 4.78 is 39.7. The van der Waals surface area contributed by atoms with Crippen molar-refractivity contribution in [1.29, 1.82) is 0 Å². The second-order valence-electron chi connectivity index (χ2n) is 9.34. The first-order valence-electron chi connectivity index (χ1n) is 13.0. The van der Waals surface area contributed by atoms with E-state index in [1.165, 1.54) is 37.3 Å². The van der Waals surface area contributed by atoms with Crippen LogP contribution < -0.4 is 19.1 Å². The van der Waals surface area contributed by atoms with E-state index in [9.17, 15) is 18.0 Å². The highest BCUT2D eigenvalue weighted by atomic mass is 32.2. The predicted octanol–water partition coefficient (Wildman–Crippen LogP) is 4.15. The average molecular weight is 568 g/mol. The normalized spacial score (nSPS) is 11.8. The molecule has 10 heteroatoms. The van der Waals surface area contributed by atoms with Crippen LogP contribution in [-0.2, 0) is 26.2 Å². The molecule has 0 aromatic heterocycles. The zero-order valence-corrected chi connectivity index (χ0v) is 24.4. The van der Waals surface area contributed by atoms with Crippen LogP contribution in [-0.4, -0.2) is 58.5 Å². The van der Waals surface area contributed by atoms with Gasteiger partial charge in [0.2, 0.25) is 11.8 Å². The molecule has 0 fully saturated rings. The number of aryl methyl sites for hydroxylation is 1. The van der Waals surface area contributed by atoms with Gasteiger partial charge in [-0.1, -0.05) is 55.0 Å². The van der Waals surface area contributed by atoms with Crippen LogP contribution in [0.5, 0.6) is 11.5 Å². The highest BCUT2D eigenvalue weighted by Crippen LogP contribution is 2.32. The zero-order chi connectivity index (χ0) is 29.3. The minimum Gasteiger partial charge on any atom is -0.493 e. The maximum atomic E-state index is 14.0. The average Bonchev–Trinajstić information content (AvgIpc) is 2.97. The first-order valence-corrected chi connectivity index (χ1v) is 14.5. The smallest absolute Gasteiger partial charge is 0.264 e. The predicted molar refractivity (Wildman–Crippen MR) is 155 cm³/mol. The molecule has 0 saturated carbocycles. The quantitative estimate of drug-likeness (QED) is 0.333. The Morgan fingerprint density at radius 1 is 0.925 bits per heavy atom. The number of nitrogens with zero attached hydrogens (tertiary/aromatic N) is 2. The van der Waals surface area contributed by atoms with Gasteiger partial charge in [-0.25, -0.2) is 8.42 Å². The van der Waals surface area contributed by atoms with Gasteiger partial charge in [-0.05, 0) is 50.1 Å². The van der Waals surface area contributed by atoms with Gasteiger partial charge in [0.1, 0.15) is 12.6 Å². The van der Waals surface area contributed by atoms with Crippen molar-refractivity contribution in [3.63, 3.8) is 0 Å². The highest BCUT2D eigenvalue weighted by Gasteiger charge is 2.33. The van der Waals surface area contributed by atoms with Crippen molar-refractivity contribution in [2.45, 2.75) is 44.7 Å². The van der Waals surface area contributed by atoms with Gasteiger partial charge in [-0.15, -0.1) is 0 Å². The van der Waals surface area contributed by atoms with Crippen molar-refractivity contribution in [1.82, 2.24) is 10.2 Å². The van der Waals surface area contributed by atoms with Crippen LogP contribution >= 0.6 is 0 Å². The molecule has 0 aliphatic rings. The van der Waals surface area contributed by atoms with E-state index in [4.69, 9.17) is 9.47 Å². The molecule has 0 spiro atoms. The Morgan fingerprint density at radius 3 is 2.17 bits per heavy atom. The summed E-state index contributed by atoms with van der Waals surface area (Å²) in [5.41, 5.74) is 2.07. The monoisotopic (exact) mass is 567 g/mol. The molecule has 0 saturated heterocycles. The van der Waals surface area contributed by atoms with E-state index in [1.54, 1.807) is 31.2 Å². The number of carbonyl (C=O) groups is 2. The third kappa shape index (κ3) is 7.32. The Labute approximate surface area is 236 Å². The Hall–Kier alpha value is -4.05. The molecule has 0 radical (unpaired) electrons. The van der Waals surface area contributed by atoms with E-state index in [2.05, 4.69) is 5.32 Å². The second-order valence-corrected chi connectivity index (χ2v) is 11.2. The SMILES string of the molecule is CCCNC(=O)[C@@H](C)N(Cc1ccccc1)C(=O)CN(c1ccc(C)cc1)S(=O)(=O)c1ccc(OC)c(OC)c1. The molecule has 0 bridgehead atoms. The van der Waals surface area contributed by atoms with Gasteiger partial charge < -0.3 is 19.7 Å². The Balaban J connectivity index is 2.04. The molecule has 0 unspecified atom stereocenters. The number of anilines is 1. The van der Waals surface area contributed by atoms with Gasteiger partial charge in [0, 0.05) is 19.2 Å². The first kappa shape index (κ1) is 30.5. The zero-order valence-electron chi connectivity index (χ0n) is 23.6. The third-order valence-corrected chi connectivity index (χ3v) is 8.23. The number of rotatable bonds is 13. The minimum atomic E-state index is -4.24. The summed E-state index contributed by atoms with van der Waals surface area (Å²) in [6, 6.07) is 19.6. The molecule has 2 amide bonds. The van der Waals surface area contributed by atoms with Crippen LogP contribution in [0.25, 0.3) is 0 Å². The van der Waals surface area contributed by atoms with Crippen molar-refractivity contribution in [3.05, 3.63) is 83.9 Å². The number of nitrogens with one attached hydrogen (secondary N) is 1. The lowest BCUT2D eigenvalue weighted by Crippen LogP contribution is -2.51. The summed E-state index contributed by atoms with van der Waals surface area (Å²) in [6.07, 6.45) is 0.746. The Morgan fingerprint density at radius 2 is 1.57 bits per heavy atom. The second kappa shape index (κ2) is 13.8. The van der Waals surface area contributed by atoms with E-state index < -0.39 is 28.5 Å². The molecule has 1 N–H and O–H groups in total. The van der Waals surface area contributed by atoms with Gasteiger partial charge in [-0.2, -0.15) is 0 Å². The molecular weight excluding hydrogens is 530 g/mol. The fourth-order valence-corrected chi connectivity index (χ4v) is 5.53. The number of hydrogen-bond acceptors (Lipinski definition) is 6. The number of ether oxygens (including phenoxy) is 2. The summed E-state index contributed by atoms with van der Waals surface area (Å²) in [5.74, 6) is -0.213. The lowest BCUT2D eigenvalue weighted by Gasteiger charge is -2.32. The summed E-state index contributed by atoms with van der Waals surface area (Å²) >= 11 is 0. The van der Waals surface area contributed by atoms with Gasteiger partial charge >= 0.3 is 0 Å². The topological polar surface area (TPSA) is 105 Å². The molecule has 3 rings (SSSR count). The van der Waals surface area contributed by atoms with E-state index in [-0.39, 0.29) is 23.1 Å². The van der Waals surface area contributed by atoms with Crippen molar-refractivity contribution < 1.29 is 27.5 Å². The third-order valence-electron chi connectivity index (χ3n) is 6.46. The maximum Gasteiger partial charge on any atom is 0.264 e. The summed E-state index contributed by atoms with van der Waals surface area (Å²) in [4.78, 5) is 28.2. The van der Waals surface area contributed by atoms with Gasteiger partial charge in [0.15, 0.2) is 11.5 Å². The molecule has 0 aliphatic carbocycles. The largest absolute Gasteiger partial charge is 0.493 e. The summed E-state index contributed by atoms with van der Waals surface area (Å²) in [6.45, 7) is 5.57. The lowest BCUT2D eigenvalue weighted by molar-refractivity contribution is -0.139. The Kier molecular flexibility index (Phi) is 10.6. The molecule has 40 heavy (non-hydrogen) atoms. The molecule has 214 valence electrons. The number of carbonyl (C=O) groups excluding carboxylic acids is 2. The van der Waals surface area contributed by atoms with Crippen molar-refractivity contribution in [2.75, 3.05) is 31.6 Å². The highest BCUT2D eigenvalue weighted by molar-refractivity contribution is 7.92. The maximum absolute atomic E-state index is 14.0. The fourth-order valence-electron chi connectivity index (χ4n) is 4.10. The van der Waals surface area contributed by atoms with Crippen LogP contribution in [0.2, 0.25) is 0 Å². The molecule has 3 aromatic rings. The minimum absolute atomic E-state index is 0.0677. The molecule has 0 heterocycles. The van der Waals surface area contributed by atoms with E-state index in [0.717, 1.165) is 21.9 Å². The van der Waals surface area contributed by atoms with Gasteiger partial charge in [-0.3, -0.25) is 13.9 Å². The molecule has 3 aromatic carbocycles. The van der Waals surface area contributed by atoms with Crippen LogP contribution in [0, 0.1) is 6.92 Å². The number of methoxy groups -OCH3 is 2.